The standard InChI is InChI=1S/C17H23N3O5/c1-3-25-14-7-5-4-6-12(14)19-15(21)11-20-9-8-18-17(23)13(20)10-16(22)24-2/h4-7,13H,3,8-11H2,1-2H3,(H,18,23)(H,19,21)/t13-/m1/s1. The topological polar surface area (TPSA) is 97.0 Å². The largest absolute Gasteiger partial charge is 0.492 e. The van der Waals surface area contributed by atoms with Gasteiger partial charge in [-0.3, -0.25) is 19.3 Å². The Kier molecular flexibility index (Phi) is 6.76. The molecule has 0 aliphatic carbocycles. The average Bonchev–Trinajstić information content (AvgIpc) is 2.59. The van der Waals surface area contributed by atoms with E-state index in [1.54, 1.807) is 23.1 Å². The molecule has 0 bridgehead atoms. The van der Waals surface area contributed by atoms with Gasteiger partial charge in [-0.05, 0) is 19.1 Å². The minimum absolute atomic E-state index is 0.00442. The maximum Gasteiger partial charge on any atom is 0.307 e. The second kappa shape index (κ2) is 9.03. The molecular formula is C17H23N3O5. The molecule has 2 rings (SSSR count). The van der Waals surface area contributed by atoms with Crippen molar-refractivity contribution in [3.63, 3.8) is 0 Å². The zero-order chi connectivity index (χ0) is 18.2. The smallest absolute Gasteiger partial charge is 0.307 e. The second-order valence-corrected chi connectivity index (χ2v) is 5.53. The van der Waals surface area contributed by atoms with Crippen LogP contribution in [0.5, 0.6) is 5.75 Å². The summed E-state index contributed by atoms with van der Waals surface area (Å²) in [5, 5.41) is 5.49. The number of hydrogen-bond donors (Lipinski definition) is 2. The van der Waals surface area contributed by atoms with E-state index >= 15 is 0 Å². The van der Waals surface area contributed by atoms with Gasteiger partial charge in [-0.2, -0.15) is 0 Å². The van der Waals surface area contributed by atoms with E-state index in [2.05, 4.69) is 15.4 Å². The summed E-state index contributed by atoms with van der Waals surface area (Å²) in [4.78, 5) is 37.6. The van der Waals surface area contributed by atoms with Crippen molar-refractivity contribution in [1.29, 1.82) is 0 Å². The lowest BCUT2D eigenvalue weighted by atomic mass is 10.1. The first kappa shape index (κ1) is 18.7. The molecule has 1 aromatic carbocycles. The summed E-state index contributed by atoms with van der Waals surface area (Å²) in [6, 6.07) is 6.42. The summed E-state index contributed by atoms with van der Waals surface area (Å²) in [5.74, 6) is -0.467. The van der Waals surface area contributed by atoms with E-state index in [0.717, 1.165) is 0 Å². The summed E-state index contributed by atoms with van der Waals surface area (Å²) < 4.78 is 10.1. The van der Waals surface area contributed by atoms with Gasteiger partial charge in [0.2, 0.25) is 11.8 Å². The monoisotopic (exact) mass is 349 g/mol. The van der Waals surface area contributed by atoms with Crippen LogP contribution < -0.4 is 15.4 Å². The molecule has 1 aromatic rings. The Bertz CT molecular complexity index is 634. The van der Waals surface area contributed by atoms with Crippen LogP contribution in [0.3, 0.4) is 0 Å². The van der Waals surface area contributed by atoms with Crippen LogP contribution in [0.25, 0.3) is 0 Å². The summed E-state index contributed by atoms with van der Waals surface area (Å²) in [6.07, 6.45) is -0.0921. The van der Waals surface area contributed by atoms with Crippen LogP contribution in [0.4, 0.5) is 5.69 Å². The van der Waals surface area contributed by atoms with Crippen molar-refractivity contribution in [2.24, 2.45) is 0 Å². The van der Waals surface area contributed by atoms with E-state index in [0.29, 0.717) is 31.1 Å². The average molecular weight is 349 g/mol. The fourth-order valence-electron chi connectivity index (χ4n) is 2.64. The zero-order valence-electron chi connectivity index (χ0n) is 14.4. The molecule has 0 saturated carbocycles. The SMILES string of the molecule is CCOc1ccccc1NC(=O)CN1CCNC(=O)[C@H]1CC(=O)OC. The molecule has 0 unspecified atom stereocenters. The number of benzene rings is 1. The van der Waals surface area contributed by atoms with E-state index in [-0.39, 0.29) is 24.8 Å². The number of anilines is 1. The number of rotatable bonds is 7. The molecule has 1 fully saturated rings. The second-order valence-electron chi connectivity index (χ2n) is 5.53. The minimum atomic E-state index is -0.714. The molecule has 1 aliphatic rings. The summed E-state index contributed by atoms with van der Waals surface area (Å²) >= 11 is 0. The van der Waals surface area contributed by atoms with E-state index in [1.807, 2.05) is 13.0 Å². The van der Waals surface area contributed by atoms with Crippen LogP contribution in [-0.2, 0) is 19.1 Å². The number of piperazine rings is 1. The highest BCUT2D eigenvalue weighted by molar-refractivity contribution is 5.94. The van der Waals surface area contributed by atoms with E-state index in [1.165, 1.54) is 7.11 Å². The molecule has 8 heteroatoms. The predicted molar refractivity (Wildman–Crippen MR) is 91.2 cm³/mol. The van der Waals surface area contributed by atoms with Crippen LogP contribution in [0, 0.1) is 0 Å². The van der Waals surface area contributed by atoms with Gasteiger partial charge in [-0.15, -0.1) is 0 Å². The van der Waals surface area contributed by atoms with Gasteiger partial charge >= 0.3 is 5.97 Å². The highest BCUT2D eigenvalue weighted by atomic mass is 16.5. The highest BCUT2D eigenvalue weighted by Gasteiger charge is 2.33. The molecule has 1 atom stereocenters. The first-order chi connectivity index (χ1) is 12.0. The minimum Gasteiger partial charge on any atom is -0.492 e. The normalized spacial score (nSPS) is 17.5. The summed E-state index contributed by atoms with van der Waals surface area (Å²) in [5.41, 5.74) is 0.570. The number of carbonyl (C=O) groups excluding carboxylic acids is 3. The predicted octanol–water partition coefficient (Wildman–Crippen LogP) is 0.387. The van der Waals surface area contributed by atoms with Crippen molar-refractivity contribution in [3.05, 3.63) is 24.3 Å². The lowest BCUT2D eigenvalue weighted by molar-refractivity contribution is -0.146. The van der Waals surface area contributed by atoms with Gasteiger partial charge < -0.3 is 20.1 Å². The highest BCUT2D eigenvalue weighted by Crippen LogP contribution is 2.23. The molecule has 0 radical (unpaired) electrons. The van der Waals surface area contributed by atoms with Crippen LogP contribution >= 0.6 is 0 Å². The number of ether oxygens (including phenoxy) is 2. The van der Waals surface area contributed by atoms with Gasteiger partial charge in [-0.25, -0.2) is 0 Å². The molecule has 1 aliphatic heterocycles. The Morgan fingerprint density at radius 3 is 2.84 bits per heavy atom. The fourth-order valence-corrected chi connectivity index (χ4v) is 2.64. The molecule has 0 spiro atoms. The third-order valence-electron chi connectivity index (χ3n) is 3.84. The van der Waals surface area contributed by atoms with Gasteiger partial charge in [0.15, 0.2) is 0 Å². The Morgan fingerprint density at radius 1 is 1.36 bits per heavy atom. The third-order valence-corrected chi connectivity index (χ3v) is 3.84. The Morgan fingerprint density at radius 2 is 2.12 bits per heavy atom. The number of para-hydroxylation sites is 2. The van der Waals surface area contributed by atoms with E-state index in [4.69, 9.17) is 4.74 Å². The maximum atomic E-state index is 12.4. The van der Waals surface area contributed by atoms with Crippen molar-refractivity contribution in [2.45, 2.75) is 19.4 Å². The summed E-state index contributed by atoms with van der Waals surface area (Å²) in [6.45, 7) is 3.26. The quantitative estimate of drug-likeness (QED) is 0.691. The van der Waals surface area contributed by atoms with E-state index < -0.39 is 12.0 Å². The fraction of sp³-hybridized carbons (Fsp3) is 0.471. The Balaban J connectivity index is 2.02. The van der Waals surface area contributed by atoms with E-state index in [9.17, 15) is 14.4 Å². The van der Waals surface area contributed by atoms with Crippen molar-refractivity contribution in [3.8, 4) is 5.75 Å². The number of nitrogens with one attached hydrogen (secondary N) is 2. The van der Waals surface area contributed by atoms with Crippen LogP contribution in [0.2, 0.25) is 0 Å². The van der Waals surface area contributed by atoms with Crippen molar-refractivity contribution in [1.82, 2.24) is 10.2 Å². The molecule has 1 saturated heterocycles. The molecule has 0 aromatic heterocycles. The number of hydrogen-bond acceptors (Lipinski definition) is 6. The van der Waals surface area contributed by atoms with Crippen LogP contribution in [0.1, 0.15) is 13.3 Å². The number of amides is 2. The first-order valence-corrected chi connectivity index (χ1v) is 8.15. The van der Waals surface area contributed by atoms with Crippen molar-refractivity contribution < 1.29 is 23.9 Å². The number of nitrogens with zero attached hydrogens (tertiary/aromatic N) is 1. The lowest BCUT2D eigenvalue weighted by Crippen LogP contribution is -2.57. The van der Waals surface area contributed by atoms with Gasteiger partial charge in [-0.1, -0.05) is 12.1 Å². The van der Waals surface area contributed by atoms with Crippen molar-refractivity contribution in [2.75, 3.05) is 38.7 Å². The summed E-state index contributed by atoms with van der Waals surface area (Å²) in [7, 11) is 1.27. The van der Waals surface area contributed by atoms with Crippen LogP contribution in [0.15, 0.2) is 24.3 Å². The molecule has 1 heterocycles. The zero-order valence-corrected chi connectivity index (χ0v) is 14.4. The molecule has 8 nitrogen and oxygen atoms in total. The Hall–Kier alpha value is -2.61. The number of methoxy groups -OCH3 is 1. The molecule has 25 heavy (non-hydrogen) atoms. The molecular weight excluding hydrogens is 326 g/mol. The van der Waals surface area contributed by atoms with Gasteiger partial charge in [0.25, 0.3) is 0 Å². The van der Waals surface area contributed by atoms with Gasteiger partial charge in [0.05, 0.1) is 32.4 Å². The molecule has 136 valence electrons. The first-order valence-electron chi connectivity index (χ1n) is 8.15. The van der Waals surface area contributed by atoms with Crippen LogP contribution in [-0.4, -0.2) is 62.1 Å². The lowest BCUT2D eigenvalue weighted by Gasteiger charge is -2.33. The van der Waals surface area contributed by atoms with Gasteiger partial charge in [0, 0.05) is 13.1 Å². The Labute approximate surface area is 146 Å². The molecule has 2 amide bonds. The number of carbonyl (C=O) groups is 3. The van der Waals surface area contributed by atoms with Gasteiger partial charge in [0.1, 0.15) is 11.8 Å². The van der Waals surface area contributed by atoms with Crippen molar-refractivity contribution >= 4 is 23.5 Å². The maximum absolute atomic E-state index is 12.4. The third kappa shape index (κ3) is 5.18. The molecule has 2 N–H and O–H groups in total. The number of esters is 1.